The van der Waals surface area contributed by atoms with E-state index in [1.54, 1.807) is 0 Å². The number of hydrogen-bond donors (Lipinski definition) is 3. The Morgan fingerprint density at radius 1 is 1.29 bits per heavy atom. The van der Waals surface area contributed by atoms with Crippen LogP contribution in [-0.4, -0.2) is 17.3 Å². The van der Waals surface area contributed by atoms with Gasteiger partial charge in [-0.05, 0) is 31.4 Å². The molecule has 0 atom stereocenters. The largest absolute Gasteiger partial charge is 0.397 e. The summed E-state index contributed by atoms with van der Waals surface area (Å²) in [6.07, 6.45) is 5.29. The molecule has 0 aromatic heterocycles. The Hall–Kier alpha value is -1.22. The number of benzene rings is 1. The van der Waals surface area contributed by atoms with Crippen molar-refractivity contribution in [1.82, 2.24) is 0 Å². The van der Waals surface area contributed by atoms with Crippen molar-refractivity contribution in [1.29, 1.82) is 0 Å². The monoisotopic (exact) mass is 234 g/mol. The van der Waals surface area contributed by atoms with Crippen LogP contribution < -0.4 is 11.1 Å². The molecule has 3 nitrogen and oxygen atoms in total. The second-order valence-electron chi connectivity index (χ2n) is 5.18. The Balaban J connectivity index is 2.02. The lowest BCUT2D eigenvalue weighted by Crippen LogP contribution is -2.39. The van der Waals surface area contributed by atoms with Crippen LogP contribution in [0.5, 0.6) is 0 Å². The fourth-order valence-corrected chi connectivity index (χ4v) is 2.57. The summed E-state index contributed by atoms with van der Waals surface area (Å²) in [6.45, 7) is 2.63. The summed E-state index contributed by atoms with van der Waals surface area (Å²) in [7, 11) is 0. The van der Waals surface area contributed by atoms with Gasteiger partial charge in [-0.25, -0.2) is 0 Å². The molecule has 0 radical (unpaired) electrons. The Bertz CT molecular complexity index is 364. The van der Waals surface area contributed by atoms with E-state index in [4.69, 9.17) is 5.73 Å². The number of nitrogens with one attached hydrogen (secondary N) is 1. The highest BCUT2D eigenvalue weighted by Gasteiger charge is 2.28. The number of anilines is 2. The predicted octanol–water partition coefficient (Wildman–Crippen LogP) is 2.68. The Morgan fingerprint density at radius 3 is 2.65 bits per heavy atom. The van der Waals surface area contributed by atoms with Gasteiger partial charge in [-0.15, -0.1) is 0 Å². The Labute approximate surface area is 103 Å². The van der Waals surface area contributed by atoms with Crippen LogP contribution >= 0.6 is 0 Å². The quantitative estimate of drug-likeness (QED) is 0.705. The van der Waals surface area contributed by atoms with Crippen molar-refractivity contribution in [2.24, 2.45) is 0 Å². The lowest BCUT2D eigenvalue weighted by atomic mass is 9.85. The van der Waals surface area contributed by atoms with E-state index >= 15 is 0 Å². The third-order valence-corrected chi connectivity index (χ3v) is 3.68. The molecule has 1 aliphatic rings. The third kappa shape index (κ3) is 2.91. The molecular formula is C14H22N2O. The van der Waals surface area contributed by atoms with Gasteiger partial charge in [0.15, 0.2) is 0 Å². The van der Waals surface area contributed by atoms with Crippen LogP contribution in [-0.2, 0) is 0 Å². The number of rotatable bonds is 3. The van der Waals surface area contributed by atoms with Crippen LogP contribution in [0.3, 0.4) is 0 Å². The molecule has 1 fully saturated rings. The van der Waals surface area contributed by atoms with Crippen LogP contribution in [0.15, 0.2) is 18.2 Å². The minimum absolute atomic E-state index is 0.549. The fourth-order valence-electron chi connectivity index (χ4n) is 2.57. The average Bonchev–Trinajstić information content (AvgIpc) is 2.29. The first-order valence-corrected chi connectivity index (χ1v) is 6.42. The molecule has 4 N–H and O–H groups in total. The standard InChI is InChI=1S/C14H22N2O/c1-11-6-5-7-12(15)13(11)16-10-14(17)8-3-2-4-9-14/h5-7,16-17H,2-4,8-10,15H2,1H3. The first kappa shape index (κ1) is 12.2. The maximum Gasteiger partial charge on any atom is 0.0819 e. The van der Waals surface area contributed by atoms with Crippen molar-refractivity contribution in [2.45, 2.75) is 44.6 Å². The summed E-state index contributed by atoms with van der Waals surface area (Å²) in [4.78, 5) is 0. The fraction of sp³-hybridized carbons (Fsp3) is 0.571. The number of nitrogens with two attached hydrogens (primary N) is 1. The van der Waals surface area contributed by atoms with Crippen molar-refractivity contribution >= 4 is 11.4 Å². The Kier molecular flexibility index (Phi) is 3.57. The smallest absolute Gasteiger partial charge is 0.0819 e. The molecule has 0 unspecified atom stereocenters. The minimum atomic E-state index is -0.549. The van der Waals surface area contributed by atoms with E-state index in [0.717, 1.165) is 42.6 Å². The van der Waals surface area contributed by atoms with Gasteiger partial charge < -0.3 is 16.2 Å². The molecule has 1 aromatic carbocycles. The van der Waals surface area contributed by atoms with Crippen LogP contribution in [0, 0.1) is 6.92 Å². The summed E-state index contributed by atoms with van der Waals surface area (Å²) in [6, 6.07) is 5.87. The highest BCUT2D eigenvalue weighted by atomic mass is 16.3. The van der Waals surface area contributed by atoms with Gasteiger partial charge in [0.25, 0.3) is 0 Å². The van der Waals surface area contributed by atoms with E-state index in [2.05, 4.69) is 5.32 Å². The number of aliphatic hydroxyl groups is 1. The first-order valence-electron chi connectivity index (χ1n) is 6.42. The van der Waals surface area contributed by atoms with E-state index in [9.17, 15) is 5.11 Å². The van der Waals surface area contributed by atoms with Crippen molar-refractivity contribution < 1.29 is 5.11 Å². The molecule has 1 aliphatic carbocycles. The van der Waals surface area contributed by atoms with Gasteiger partial charge in [-0.2, -0.15) is 0 Å². The summed E-state index contributed by atoms with van der Waals surface area (Å²) in [5.74, 6) is 0. The topological polar surface area (TPSA) is 58.3 Å². The molecule has 0 spiro atoms. The summed E-state index contributed by atoms with van der Waals surface area (Å²) >= 11 is 0. The predicted molar refractivity (Wildman–Crippen MR) is 72.1 cm³/mol. The lowest BCUT2D eigenvalue weighted by Gasteiger charge is -2.32. The van der Waals surface area contributed by atoms with Crippen LogP contribution in [0.1, 0.15) is 37.7 Å². The van der Waals surface area contributed by atoms with Crippen LogP contribution in [0.25, 0.3) is 0 Å². The van der Waals surface area contributed by atoms with E-state index in [-0.39, 0.29) is 0 Å². The second-order valence-corrected chi connectivity index (χ2v) is 5.18. The van der Waals surface area contributed by atoms with Gasteiger partial charge in [0.2, 0.25) is 0 Å². The summed E-state index contributed by atoms with van der Waals surface area (Å²) in [5.41, 5.74) is 8.23. The van der Waals surface area contributed by atoms with Gasteiger partial charge in [-0.1, -0.05) is 31.4 Å². The molecule has 2 rings (SSSR count). The zero-order valence-electron chi connectivity index (χ0n) is 10.5. The minimum Gasteiger partial charge on any atom is -0.397 e. The molecule has 1 aromatic rings. The highest BCUT2D eigenvalue weighted by molar-refractivity contribution is 5.69. The number of aryl methyl sites for hydroxylation is 1. The average molecular weight is 234 g/mol. The van der Waals surface area contributed by atoms with Gasteiger partial charge >= 0.3 is 0 Å². The van der Waals surface area contributed by atoms with Gasteiger partial charge in [0, 0.05) is 6.54 Å². The maximum absolute atomic E-state index is 10.4. The van der Waals surface area contributed by atoms with Gasteiger partial charge in [-0.3, -0.25) is 0 Å². The van der Waals surface area contributed by atoms with Crippen molar-refractivity contribution in [2.75, 3.05) is 17.6 Å². The number of para-hydroxylation sites is 1. The summed E-state index contributed by atoms with van der Waals surface area (Å²) < 4.78 is 0. The molecule has 94 valence electrons. The molecule has 17 heavy (non-hydrogen) atoms. The molecule has 3 heteroatoms. The van der Waals surface area contributed by atoms with Gasteiger partial charge in [0.1, 0.15) is 0 Å². The molecule has 0 heterocycles. The van der Waals surface area contributed by atoms with Crippen LogP contribution in [0.4, 0.5) is 11.4 Å². The second kappa shape index (κ2) is 4.96. The molecule has 0 aliphatic heterocycles. The zero-order valence-corrected chi connectivity index (χ0v) is 10.5. The number of nitrogen functional groups attached to an aromatic ring is 1. The normalized spacial score (nSPS) is 18.9. The van der Waals surface area contributed by atoms with E-state index in [1.807, 2.05) is 25.1 Å². The zero-order chi connectivity index (χ0) is 12.3. The summed E-state index contributed by atoms with van der Waals surface area (Å²) in [5, 5.41) is 13.7. The van der Waals surface area contributed by atoms with E-state index in [1.165, 1.54) is 6.42 Å². The molecule has 0 amide bonds. The molecule has 0 bridgehead atoms. The SMILES string of the molecule is Cc1cccc(N)c1NCC1(O)CCCCC1. The van der Waals surface area contributed by atoms with Crippen molar-refractivity contribution in [3.63, 3.8) is 0 Å². The number of hydrogen-bond acceptors (Lipinski definition) is 3. The lowest BCUT2D eigenvalue weighted by molar-refractivity contribution is 0.0167. The third-order valence-electron chi connectivity index (χ3n) is 3.68. The van der Waals surface area contributed by atoms with Crippen molar-refractivity contribution in [3.8, 4) is 0 Å². The Morgan fingerprint density at radius 2 is 2.00 bits per heavy atom. The highest BCUT2D eigenvalue weighted by Crippen LogP contribution is 2.30. The van der Waals surface area contributed by atoms with Gasteiger partial charge in [0.05, 0.1) is 17.0 Å². The van der Waals surface area contributed by atoms with E-state index in [0.29, 0.717) is 6.54 Å². The molecule has 1 saturated carbocycles. The van der Waals surface area contributed by atoms with Crippen molar-refractivity contribution in [3.05, 3.63) is 23.8 Å². The van der Waals surface area contributed by atoms with E-state index < -0.39 is 5.60 Å². The first-order chi connectivity index (χ1) is 8.11. The molecular weight excluding hydrogens is 212 g/mol. The maximum atomic E-state index is 10.4. The van der Waals surface area contributed by atoms with Crippen LogP contribution in [0.2, 0.25) is 0 Å². The molecule has 0 saturated heterocycles.